The van der Waals surface area contributed by atoms with Crippen LogP contribution in [0.25, 0.3) is 0 Å². The van der Waals surface area contributed by atoms with Gasteiger partial charge in [0.25, 0.3) is 0 Å². The summed E-state index contributed by atoms with van der Waals surface area (Å²) in [5.74, 6) is 1.08. The molecule has 1 aliphatic heterocycles. The fourth-order valence-electron chi connectivity index (χ4n) is 3.31. The lowest BCUT2D eigenvalue weighted by molar-refractivity contribution is 0.385. The van der Waals surface area contributed by atoms with E-state index in [9.17, 15) is 4.39 Å². The van der Waals surface area contributed by atoms with Crippen molar-refractivity contribution in [2.24, 2.45) is 0 Å². The van der Waals surface area contributed by atoms with Gasteiger partial charge in [-0.1, -0.05) is 6.07 Å². The first-order valence-electron chi connectivity index (χ1n) is 7.69. The lowest BCUT2D eigenvalue weighted by Crippen LogP contribution is -2.34. The minimum Gasteiger partial charge on any atom is -0.494 e. The second-order valence-corrected chi connectivity index (χ2v) is 5.80. The van der Waals surface area contributed by atoms with Crippen LogP contribution in [0.15, 0.2) is 18.2 Å². The summed E-state index contributed by atoms with van der Waals surface area (Å²) in [5, 5.41) is 3.56. The van der Waals surface area contributed by atoms with Crippen LogP contribution in [-0.4, -0.2) is 23.2 Å². The van der Waals surface area contributed by atoms with Gasteiger partial charge in [-0.3, -0.25) is 0 Å². The number of nitrogens with zero attached hydrogens (tertiary/aromatic N) is 2. The molecule has 0 aliphatic carbocycles. The second kappa shape index (κ2) is 6.08. The van der Waals surface area contributed by atoms with Gasteiger partial charge in [0.15, 0.2) is 11.6 Å². The highest BCUT2D eigenvalue weighted by Gasteiger charge is 2.24. The molecule has 2 heterocycles. The molecule has 1 aromatic heterocycles. The smallest absolute Gasteiger partial charge is 0.165 e. The van der Waals surface area contributed by atoms with Crippen molar-refractivity contribution in [2.45, 2.75) is 39.3 Å². The number of benzene rings is 1. The number of nitrogens with one attached hydrogen (secondary N) is 1. The zero-order valence-electron chi connectivity index (χ0n) is 13.3. The Labute approximate surface area is 130 Å². The fourth-order valence-corrected chi connectivity index (χ4v) is 3.31. The average Bonchev–Trinajstić information content (AvgIpc) is 2.81. The van der Waals surface area contributed by atoms with Gasteiger partial charge >= 0.3 is 0 Å². The van der Waals surface area contributed by atoms with Crippen molar-refractivity contribution < 1.29 is 9.13 Å². The van der Waals surface area contributed by atoms with Gasteiger partial charge in [-0.05, 0) is 44.4 Å². The maximum atomic E-state index is 13.8. The topological polar surface area (TPSA) is 39.1 Å². The van der Waals surface area contributed by atoms with E-state index < -0.39 is 0 Å². The summed E-state index contributed by atoms with van der Waals surface area (Å²) >= 11 is 0. The Balaban J connectivity index is 1.74. The molecule has 0 bridgehead atoms. The molecule has 1 N–H and O–H groups in total. The van der Waals surface area contributed by atoms with Gasteiger partial charge in [0.05, 0.1) is 18.5 Å². The monoisotopic (exact) mass is 303 g/mol. The number of halogens is 1. The van der Waals surface area contributed by atoms with Crippen LogP contribution in [-0.2, 0) is 13.0 Å². The maximum absolute atomic E-state index is 13.8. The SMILES string of the molecule is COc1ccc(CCC2NCCn3c(C)nc(C)c32)cc1F. The van der Waals surface area contributed by atoms with E-state index in [2.05, 4.69) is 28.7 Å². The summed E-state index contributed by atoms with van der Waals surface area (Å²) in [7, 11) is 1.48. The molecule has 0 amide bonds. The van der Waals surface area contributed by atoms with Gasteiger partial charge in [0.1, 0.15) is 5.82 Å². The summed E-state index contributed by atoms with van der Waals surface area (Å²) in [6.07, 6.45) is 1.75. The van der Waals surface area contributed by atoms with E-state index in [1.54, 1.807) is 12.1 Å². The molecular formula is C17H22FN3O. The zero-order chi connectivity index (χ0) is 15.7. The van der Waals surface area contributed by atoms with Gasteiger partial charge in [0.2, 0.25) is 0 Å². The van der Waals surface area contributed by atoms with Crippen LogP contribution in [0, 0.1) is 19.7 Å². The Morgan fingerprint density at radius 2 is 2.23 bits per heavy atom. The summed E-state index contributed by atoms with van der Waals surface area (Å²) in [6, 6.07) is 5.47. The number of imidazole rings is 1. The van der Waals surface area contributed by atoms with Gasteiger partial charge in [-0.15, -0.1) is 0 Å². The van der Waals surface area contributed by atoms with E-state index in [-0.39, 0.29) is 11.9 Å². The summed E-state index contributed by atoms with van der Waals surface area (Å²) in [6.45, 7) is 6.03. The van der Waals surface area contributed by atoms with Crippen molar-refractivity contribution >= 4 is 0 Å². The van der Waals surface area contributed by atoms with E-state index >= 15 is 0 Å². The number of methoxy groups -OCH3 is 1. The van der Waals surface area contributed by atoms with Crippen molar-refractivity contribution in [3.63, 3.8) is 0 Å². The molecule has 22 heavy (non-hydrogen) atoms. The Hall–Kier alpha value is -1.88. The predicted molar refractivity (Wildman–Crippen MR) is 83.7 cm³/mol. The highest BCUT2D eigenvalue weighted by atomic mass is 19.1. The molecule has 0 fully saturated rings. The van der Waals surface area contributed by atoms with Gasteiger partial charge in [-0.25, -0.2) is 9.37 Å². The molecule has 2 aromatic rings. The molecular weight excluding hydrogens is 281 g/mol. The molecule has 118 valence electrons. The molecule has 1 unspecified atom stereocenters. The van der Waals surface area contributed by atoms with E-state index in [0.717, 1.165) is 43.0 Å². The zero-order valence-corrected chi connectivity index (χ0v) is 13.3. The molecule has 5 heteroatoms. The van der Waals surface area contributed by atoms with Crippen molar-refractivity contribution in [3.8, 4) is 5.75 Å². The van der Waals surface area contributed by atoms with Crippen molar-refractivity contribution in [2.75, 3.05) is 13.7 Å². The average molecular weight is 303 g/mol. The largest absolute Gasteiger partial charge is 0.494 e. The number of aryl methyl sites for hydroxylation is 3. The number of hydrogen-bond donors (Lipinski definition) is 1. The Morgan fingerprint density at radius 3 is 2.95 bits per heavy atom. The van der Waals surface area contributed by atoms with Crippen molar-refractivity contribution in [1.82, 2.24) is 14.9 Å². The molecule has 1 aromatic carbocycles. The van der Waals surface area contributed by atoms with Crippen LogP contribution < -0.4 is 10.1 Å². The highest BCUT2D eigenvalue weighted by molar-refractivity contribution is 5.30. The van der Waals surface area contributed by atoms with Crippen molar-refractivity contribution in [1.29, 1.82) is 0 Å². The molecule has 0 radical (unpaired) electrons. The second-order valence-electron chi connectivity index (χ2n) is 5.80. The summed E-state index contributed by atoms with van der Waals surface area (Å²) in [4.78, 5) is 4.58. The third kappa shape index (κ3) is 2.73. The first-order valence-corrected chi connectivity index (χ1v) is 7.69. The molecule has 4 nitrogen and oxygen atoms in total. The third-order valence-electron chi connectivity index (χ3n) is 4.38. The van der Waals surface area contributed by atoms with E-state index in [1.807, 2.05) is 6.07 Å². The number of hydrogen-bond acceptors (Lipinski definition) is 3. The Bertz CT molecular complexity index is 681. The maximum Gasteiger partial charge on any atom is 0.165 e. The van der Waals surface area contributed by atoms with E-state index in [0.29, 0.717) is 5.75 Å². The Kier molecular flexibility index (Phi) is 4.16. The number of ether oxygens (including phenoxy) is 1. The van der Waals surface area contributed by atoms with E-state index in [1.165, 1.54) is 12.8 Å². The van der Waals surface area contributed by atoms with Crippen LogP contribution in [0.3, 0.4) is 0 Å². The number of fused-ring (bicyclic) bond motifs is 1. The van der Waals surface area contributed by atoms with Gasteiger partial charge in [0, 0.05) is 19.1 Å². The van der Waals surface area contributed by atoms with E-state index in [4.69, 9.17) is 4.74 Å². The summed E-state index contributed by atoms with van der Waals surface area (Å²) < 4.78 is 21.0. The van der Waals surface area contributed by atoms with Crippen LogP contribution in [0.1, 0.15) is 35.2 Å². The predicted octanol–water partition coefficient (Wildman–Crippen LogP) is 2.92. The number of aromatic nitrogens is 2. The molecule has 0 saturated carbocycles. The lowest BCUT2D eigenvalue weighted by atomic mass is 10.0. The molecule has 3 rings (SSSR count). The fraction of sp³-hybridized carbons (Fsp3) is 0.471. The third-order valence-corrected chi connectivity index (χ3v) is 4.38. The van der Waals surface area contributed by atoms with Crippen LogP contribution >= 0.6 is 0 Å². The van der Waals surface area contributed by atoms with Crippen LogP contribution in [0.5, 0.6) is 5.75 Å². The minimum absolute atomic E-state index is 0.278. The quantitative estimate of drug-likeness (QED) is 0.944. The first-order chi connectivity index (χ1) is 10.6. The normalized spacial score (nSPS) is 17.4. The standard InChI is InChI=1S/C17H22FN3O/c1-11-17-15(19-8-9-21(17)12(2)20-11)6-4-13-5-7-16(22-3)14(18)10-13/h5,7,10,15,19H,4,6,8-9H2,1-3H3. The Morgan fingerprint density at radius 1 is 1.41 bits per heavy atom. The summed E-state index contributed by atoms with van der Waals surface area (Å²) in [5.41, 5.74) is 3.36. The highest BCUT2D eigenvalue weighted by Crippen LogP contribution is 2.27. The first kappa shape index (κ1) is 15.0. The molecule has 0 spiro atoms. The van der Waals surface area contributed by atoms with Gasteiger partial charge < -0.3 is 14.6 Å². The molecule has 1 atom stereocenters. The lowest BCUT2D eigenvalue weighted by Gasteiger charge is -2.27. The number of rotatable bonds is 4. The van der Waals surface area contributed by atoms with Gasteiger partial charge in [-0.2, -0.15) is 0 Å². The molecule has 0 saturated heterocycles. The minimum atomic E-state index is -0.298. The van der Waals surface area contributed by atoms with Crippen LogP contribution in [0.4, 0.5) is 4.39 Å². The molecule has 1 aliphatic rings. The van der Waals surface area contributed by atoms with Crippen molar-refractivity contribution in [3.05, 3.63) is 46.8 Å². The van der Waals surface area contributed by atoms with Crippen LogP contribution in [0.2, 0.25) is 0 Å².